The van der Waals surface area contributed by atoms with Gasteiger partial charge in [0, 0.05) is 24.9 Å². The van der Waals surface area contributed by atoms with Crippen LogP contribution in [0.3, 0.4) is 0 Å². The molecule has 1 aliphatic heterocycles. The zero-order chi connectivity index (χ0) is 13.0. The summed E-state index contributed by atoms with van der Waals surface area (Å²) in [5, 5.41) is 6.25. The van der Waals surface area contributed by atoms with Gasteiger partial charge in [0.2, 0.25) is 5.91 Å². The predicted octanol–water partition coefficient (Wildman–Crippen LogP) is 1.63. The fraction of sp³-hybridized carbons (Fsp3) is 0.500. The fourth-order valence-corrected chi connectivity index (χ4v) is 2.31. The minimum Gasteiger partial charge on any atom is -0.380 e. The molecule has 2 N–H and O–H groups in total. The summed E-state index contributed by atoms with van der Waals surface area (Å²) in [6.07, 6.45) is 0. The number of para-hydroxylation sites is 1. The van der Waals surface area contributed by atoms with Crippen LogP contribution in [0.4, 0.5) is 5.69 Å². The van der Waals surface area contributed by atoms with Crippen LogP contribution in [-0.4, -0.2) is 26.1 Å². The minimum absolute atomic E-state index is 0.0561. The van der Waals surface area contributed by atoms with E-state index in [-0.39, 0.29) is 11.8 Å². The van der Waals surface area contributed by atoms with Gasteiger partial charge in [0.25, 0.3) is 0 Å². The van der Waals surface area contributed by atoms with Crippen LogP contribution in [0.2, 0.25) is 0 Å². The van der Waals surface area contributed by atoms with Crippen molar-refractivity contribution < 1.29 is 9.53 Å². The second kappa shape index (κ2) is 5.98. The van der Waals surface area contributed by atoms with Gasteiger partial charge in [0.15, 0.2) is 0 Å². The Hall–Kier alpha value is -1.39. The Balaban J connectivity index is 2.06. The molecule has 2 rings (SSSR count). The lowest BCUT2D eigenvalue weighted by molar-refractivity contribution is -0.120. The van der Waals surface area contributed by atoms with Crippen molar-refractivity contribution in [3.63, 3.8) is 0 Å². The smallest absolute Gasteiger partial charge is 0.229 e. The molecule has 0 aromatic heterocycles. The summed E-state index contributed by atoms with van der Waals surface area (Å²) in [6, 6.07) is 7.75. The van der Waals surface area contributed by atoms with Crippen LogP contribution < -0.4 is 10.6 Å². The summed E-state index contributed by atoms with van der Waals surface area (Å²) >= 11 is 0. The minimum atomic E-state index is 0.0561. The van der Waals surface area contributed by atoms with Crippen molar-refractivity contribution in [2.75, 3.05) is 25.5 Å². The van der Waals surface area contributed by atoms with E-state index in [0.29, 0.717) is 12.5 Å². The third kappa shape index (κ3) is 2.89. The molecule has 4 heteroatoms. The van der Waals surface area contributed by atoms with Gasteiger partial charge in [0.05, 0.1) is 12.5 Å². The highest BCUT2D eigenvalue weighted by Gasteiger charge is 2.29. The first kappa shape index (κ1) is 13.1. The van der Waals surface area contributed by atoms with Crippen molar-refractivity contribution in [2.24, 2.45) is 11.8 Å². The van der Waals surface area contributed by atoms with Crippen LogP contribution in [0.5, 0.6) is 0 Å². The topological polar surface area (TPSA) is 50.4 Å². The zero-order valence-corrected chi connectivity index (χ0v) is 10.9. The molecule has 2 atom stereocenters. The Morgan fingerprint density at radius 2 is 2.22 bits per heavy atom. The van der Waals surface area contributed by atoms with Gasteiger partial charge in [-0.3, -0.25) is 4.79 Å². The van der Waals surface area contributed by atoms with Gasteiger partial charge >= 0.3 is 0 Å². The van der Waals surface area contributed by atoms with Crippen LogP contribution in [0, 0.1) is 11.8 Å². The molecule has 2 unspecified atom stereocenters. The molecule has 1 amide bonds. The van der Waals surface area contributed by atoms with Crippen molar-refractivity contribution in [3.8, 4) is 0 Å². The molecule has 1 aromatic rings. The molecular weight excluding hydrogens is 228 g/mol. The molecule has 18 heavy (non-hydrogen) atoms. The summed E-state index contributed by atoms with van der Waals surface area (Å²) in [7, 11) is 1.65. The van der Waals surface area contributed by atoms with Gasteiger partial charge in [-0.05, 0) is 18.5 Å². The first-order valence-corrected chi connectivity index (χ1v) is 6.30. The number of anilines is 1. The molecule has 1 saturated heterocycles. The number of rotatable bonds is 4. The number of hydrogen-bond acceptors (Lipinski definition) is 3. The van der Waals surface area contributed by atoms with E-state index in [1.165, 1.54) is 0 Å². The van der Waals surface area contributed by atoms with Crippen LogP contribution >= 0.6 is 0 Å². The number of amides is 1. The summed E-state index contributed by atoms with van der Waals surface area (Å²) in [5.74, 6) is 0.538. The number of methoxy groups -OCH3 is 1. The Morgan fingerprint density at radius 3 is 2.89 bits per heavy atom. The van der Waals surface area contributed by atoms with Crippen LogP contribution in [0.25, 0.3) is 0 Å². The lowest BCUT2D eigenvalue weighted by Gasteiger charge is -2.16. The Morgan fingerprint density at radius 1 is 1.44 bits per heavy atom. The average molecular weight is 248 g/mol. The van der Waals surface area contributed by atoms with E-state index in [1.807, 2.05) is 24.3 Å². The number of nitrogens with one attached hydrogen (secondary N) is 2. The number of hydrogen-bond donors (Lipinski definition) is 2. The van der Waals surface area contributed by atoms with E-state index in [1.54, 1.807) is 7.11 Å². The van der Waals surface area contributed by atoms with Gasteiger partial charge in [-0.15, -0.1) is 0 Å². The zero-order valence-electron chi connectivity index (χ0n) is 10.9. The molecule has 98 valence electrons. The maximum absolute atomic E-state index is 12.2. The molecule has 4 nitrogen and oxygen atoms in total. The second-order valence-corrected chi connectivity index (χ2v) is 4.82. The average Bonchev–Trinajstić information content (AvgIpc) is 2.78. The summed E-state index contributed by atoms with van der Waals surface area (Å²) in [6.45, 7) is 4.29. The molecule has 0 radical (unpaired) electrons. The fourth-order valence-electron chi connectivity index (χ4n) is 2.31. The number of ether oxygens (including phenoxy) is 1. The SMILES string of the molecule is COCc1ccccc1NC(=O)C1CNCC1C. The van der Waals surface area contributed by atoms with Crippen LogP contribution in [0.1, 0.15) is 12.5 Å². The van der Waals surface area contributed by atoms with E-state index < -0.39 is 0 Å². The normalized spacial score (nSPS) is 23.0. The highest BCUT2D eigenvalue weighted by atomic mass is 16.5. The second-order valence-electron chi connectivity index (χ2n) is 4.82. The monoisotopic (exact) mass is 248 g/mol. The number of carbonyl (C=O) groups excluding carboxylic acids is 1. The van der Waals surface area contributed by atoms with Crippen molar-refractivity contribution in [1.82, 2.24) is 5.32 Å². The first-order valence-electron chi connectivity index (χ1n) is 6.30. The first-order chi connectivity index (χ1) is 8.72. The predicted molar refractivity (Wildman–Crippen MR) is 71.3 cm³/mol. The van der Waals surface area contributed by atoms with Crippen LogP contribution in [-0.2, 0) is 16.1 Å². The quantitative estimate of drug-likeness (QED) is 0.851. The summed E-state index contributed by atoms with van der Waals surface area (Å²) in [5.41, 5.74) is 1.86. The summed E-state index contributed by atoms with van der Waals surface area (Å²) in [4.78, 5) is 12.2. The maximum Gasteiger partial charge on any atom is 0.229 e. The largest absolute Gasteiger partial charge is 0.380 e. The van der Waals surface area contributed by atoms with E-state index >= 15 is 0 Å². The van der Waals surface area contributed by atoms with E-state index in [0.717, 1.165) is 24.3 Å². The van der Waals surface area contributed by atoms with E-state index in [2.05, 4.69) is 17.6 Å². The van der Waals surface area contributed by atoms with Crippen molar-refractivity contribution in [3.05, 3.63) is 29.8 Å². The molecule has 0 aliphatic carbocycles. The van der Waals surface area contributed by atoms with Gasteiger partial charge < -0.3 is 15.4 Å². The Bertz CT molecular complexity index is 420. The van der Waals surface area contributed by atoms with E-state index in [9.17, 15) is 4.79 Å². The third-order valence-electron chi connectivity index (χ3n) is 3.43. The molecule has 1 heterocycles. The van der Waals surface area contributed by atoms with Crippen molar-refractivity contribution >= 4 is 11.6 Å². The molecule has 1 aromatic carbocycles. The van der Waals surface area contributed by atoms with Gasteiger partial charge in [-0.2, -0.15) is 0 Å². The Labute approximate surface area is 108 Å². The lowest BCUT2D eigenvalue weighted by atomic mass is 9.97. The highest BCUT2D eigenvalue weighted by Crippen LogP contribution is 2.21. The lowest BCUT2D eigenvalue weighted by Crippen LogP contribution is -2.28. The molecule has 0 spiro atoms. The van der Waals surface area contributed by atoms with Crippen molar-refractivity contribution in [1.29, 1.82) is 0 Å². The number of benzene rings is 1. The van der Waals surface area contributed by atoms with E-state index in [4.69, 9.17) is 4.74 Å². The highest BCUT2D eigenvalue weighted by molar-refractivity contribution is 5.93. The van der Waals surface area contributed by atoms with Gasteiger partial charge in [-0.1, -0.05) is 25.1 Å². The molecule has 1 aliphatic rings. The standard InChI is InChI=1S/C14H20N2O2/c1-10-7-15-8-12(10)14(17)16-13-6-4-3-5-11(13)9-18-2/h3-6,10,12,15H,7-9H2,1-2H3,(H,16,17). The van der Waals surface area contributed by atoms with Crippen LogP contribution in [0.15, 0.2) is 24.3 Å². The molecule has 1 fully saturated rings. The number of carbonyl (C=O) groups is 1. The molecule has 0 saturated carbocycles. The van der Waals surface area contributed by atoms with Crippen molar-refractivity contribution in [2.45, 2.75) is 13.5 Å². The van der Waals surface area contributed by atoms with Gasteiger partial charge in [-0.25, -0.2) is 0 Å². The molecular formula is C14H20N2O2. The Kier molecular flexibility index (Phi) is 4.33. The van der Waals surface area contributed by atoms with Gasteiger partial charge in [0.1, 0.15) is 0 Å². The summed E-state index contributed by atoms with van der Waals surface area (Å²) < 4.78 is 5.13. The third-order valence-corrected chi connectivity index (χ3v) is 3.43. The molecule has 0 bridgehead atoms. The maximum atomic E-state index is 12.2.